The summed E-state index contributed by atoms with van der Waals surface area (Å²) in [6.45, 7) is 1.81. The molecule has 1 amide bonds. The third-order valence-electron chi connectivity index (χ3n) is 2.84. The second-order valence-electron chi connectivity index (χ2n) is 4.35. The normalized spacial score (nSPS) is 12.0. The predicted octanol–water partition coefficient (Wildman–Crippen LogP) is 5.19. The van der Waals surface area contributed by atoms with Crippen molar-refractivity contribution >= 4 is 52.3 Å². The van der Waals surface area contributed by atoms with Crippen LogP contribution in [0.4, 0.5) is 0 Å². The van der Waals surface area contributed by atoms with Gasteiger partial charge in [0.05, 0.1) is 16.6 Å². The third-order valence-corrected chi connectivity index (χ3v) is 3.91. The van der Waals surface area contributed by atoms with E-state index in [9.17, 15) is 4.79 Å². The third kappa shape index (κ3) is 4.01. The number of nitrogens with zero attached hydrogens (tertiary/aromatic N) is 1. The van der Waals surface area contributed by atoms with Crippen molar-refractivity contribution in [2.24, 2.45) is 0 Å². The molecule has 0 aliphatic rings. The van der Waals surface area contributed by atoms with Crippen LogP contribution in [0.15, 0.2) is 30.5 Å². The van der Waals surface area contributed by atoms with Crippen molar-refractivity contribution in [3.05, 3.63) is 61.8 Å². The van der Waals surface area contributed by atoms with E-state index in [2.05, 4.69) is 10.3 Å². The van der Waals surface area contributed by atoms with E-state index in [1.807, 2.05) is 6.92 Å². The molecule has 110 valence electrons. The number of aromatic nitrogens is 1. The van der Waals surface area contributed by atoms with Gasteiger partial charge in [-0.25, -0.2) is 4.98 Å². The van der Waals surface area contributed by atoms with Crippen molar-refractivity contribution in [1.29, 1.82) is 0 Å². The molecule has 1 atom stereocenters. The maximum Gasteiger partial charge on any atom is 0.253 e. The summed E-state index contributed by atoms with van der Waals surface area (Å²) in [5.74, 6) is -0.359. The van der Waals surface area contributed by atoms with Crippen molar-refractivity contribution in [3.63, 3.8) is 0 Å². The highest BCUT2D eigenvalue weighted by Gasteiger charge is 2.17. The number of rotatable bonds is 3. The second kappa shape index (κ2) is 6.84. The van der Waals surface area contributed by atoms with Gasteiger partial charge < -0.3 is 5.32 Å². The summed E-state index contributed by atoms with van der Waals surface area (Å²) in [5.41, 5.74) is 1.01. The molecule has 0 saturated carbocycles. The fraction of sp³-hybridized carbons (Fsp3) is 0.143. The Balaban J connectivity index is 2.20. The van der Waals surface area contributed by atoms with E-state index >= 15 is 0 Å². The van der Waals surface area contributed by atoms with Gasteiger partial charge in [-0.05, 0) is 30.7 Å². The minimum absolute atomic E-state index is 0.196. The van der Waals surface area contributed by atoms with Crippen LogP contribution in [0.1, 0.15) is 28.9 Å². The SMILES string of the molecule is CC(NC(=O)c1cc(Cl)ncc1Cl)c1ccc(Cl)cc1Cl. The molecule has 1 heterocycles. The Kier molecular flexibility index (Phi) is 5.33. The molecule has 1 aromatic heterocycles. The van der Waals surface area contributed by atoms with E-state index in [-0.39, 0.29) is 27.7 Å². The highest BCUT2D eigenvalue weighted by atomic mass is 35.5. The van der Waals surface area contributed by atoms with E-state index in [0.29, 0.717) is 10.0 Å². The van der Waals surface area contributed by atoms with Crippen LogP contribution in [0.5, 0.6) is 0 Å². The van der Waals surface area contributed by atoms with Crippen molar-refractivity contribution in [3.8, 4) is 0 Å². The Hall–Kier alpha value is -1.000. The van der Waals surface area contributed by atoms with Crippen LogP contribution in [0.2, 0.25) is 20.2 Å². The zero-order valence-corrected chi connectivity index (χ0v) is 13.9. The number of amides is 1. The average molecular weight is 364 g/mol. The predicted molar refractivity (Wildman–Crippen MR) is 86.6 cm³/mol. The Morgan fingerprint density at radius 3 is 2.52 bits per heavy atom. The van der Waals surface area contributed by atoms with Crippen molar-refractivity contribution in [2.45, 2.75) is 13.0 Å². The quantitative estimate of drug-likeness (QED) is 0.762. The molecule has 1 unspecified atom stereocenters. The van der Waals surface area contributed by atoms with Gasteiger partial charge in [0.2, 0.25) is 0 Å². The van der Waals surface area contributed by atoms with Gasteiger partial charge in [-0.2, -0.15) is 0 Å². The number of benzene rings is 1. The molecule has 1 N–H and O–H groups in total. The molecular weight excluding hydrogens is 354 g/mol. The number of hydrogen-bond acceptors (Lipinski definition) is 2. The molecule has 1 aromatic carbocycles. The number of hydrogen-bond donors (Lipinski definition) is 1. The summed E-state index contributed by atoms with van der Waals surface area (Å²) in [6.07, 6.45) is 1.33. The lowest BCUT2D eigenvalue weighted by atomic mass is 10.1. The molecule has 0 bridgehead atoms. The topological polar surface area (TPSA) is 42.0 Å². The molecular formula is C14H10Cl4N2O. The number of carbonyl (C=O) groups excluding carboxylic acids is 1. The lowest BCUT2D eigenvalue weighted by molar-refractivity contribution is 0.0940. The van der Waals surface area contributed by atoms with Gasteiger partial charge in [0.1, 0.15) is 5.15 Å². The molecule has 0 spiro atoms. The van der Waals surface area contributed by atoms with E-state index < -0.39 is 0 Å². The molecule has 3 nitrogen and oxygen atoms in total. The molecule has 21 heavy (non-hydrogen) atoms. The number of halogens is 4. The maximum absolute atomic E-state index is 12.2. The summed E-state index contributed by atoms with van der Waals surface area (Å²) < 4.78 is 0. The van der Waals surface area contributed by atoms with Crippen LogP contribution in [0.25, 0.3) is 0 Å². The van der Waals surface area contributed by atoms with Gasteiger partial charge in [-0.15, -0.1) is 0 Å². The Morgan fingerprint density at radius 1 is 1.14 bits per heavy atom. The van der Waals surface area contributed by atoms with Crippen LogP contribution in [-0.4, -0.2) is 10.9 Å². The summed E-state index contributed by atoms with van der Waals surface area (Å²) in [4.78, 5) is 16.0. The maximum atomic E-state index is 12.2. The van der Waals surface area contributed by atoms with Crippen LogP contribution in [0.3, 0.4) is 0 Å². The van der Waals surface area contributed by atoms with Crippen LogP contribution in [-0.2, 0) is 0 Å². The Morgan fingerprint density at radius 2 is 1.86 bits per heavy atom. The van der Waals surface area contributed by atoms with Crippen LogP contribution in [0, 0.1) is 0 Å². The van der Waals surface area contributed by atoms with E-state index in [1.54, 1.807) is 18.2 Å². The first kappa shape index (κ1) is 16.4. The minimum atomic E-state index is -0.359. The average Bonchev–Trinajstić information content (AvgIpc) is 2.41. The van der Waals surface area contributed by atoms with Crippen molar-refractivity contribution in [2.75, 3.05) is 0 Å². The molecule has 0 fully saturated rings. The summed E-state index contributed by atoms with van der Waals surface area (Å²) >= 11 is 23.7. The van der Waals surface area contributed by atoms with E-state index in [4.69, 9.17) is 46.4 Å². The fourth-order valence-corrected chi connectivity index (χ4v) is 2.71. The first-order valence-corrected chi connectivity index (χ1v) is 7.46. The summed E-state index contributed by atoms with van der Waals surface area (Å²) in [7, 11) is 0. The molecule has 0 radical (unpaired) electrons. The Labute approximate surface area is 142 Å². The lowest BCUT2D eigenvalue weighted by Gasteiger charge is -2.16. The zero-order valence-electron chi connectivity index (χ0n) is 10.8. The molecule has 0 aliphatic carbocycles. The fourth-order valence-electron chi connectivity index (χ4n) is 1.79. The van der Waals surface area contributed by atoms with Crippen LogP contribution < -0.4 is 5.32 Å². The van der Waals surface area contributed by atoms with Gasteiger partial charge in [0.25, 0.3) is 5.91 Å². The number of pyridine rings is 1. The Bertz CT molecular complexity index is 691. The van der Waals surface area contributed by atoms with Crippen molar-refractivity contribution in [1.82, 2.24) is 10.3 Å². The van der Waals surface area contributed by atoms with Gasteiger partial charge in [-0.3, -0.25) is 4.79 Å². The van der Waals surface area contributed by atoms with E-state index in [1.165, 1.54) is 12.3 Å². The highest BCUT2D eigenvalue weighted by molar-refractivity contribution is 6.35. The van der Waals surface area contributed by atoms with Gasteiger partial charge in [0.15, 0.2) is 0 Å². The molecule has 0 saturated heterocycles. The first-order valence-electron chi connectivity index (χ1n) is 5.95. The molecule has 7 heteroatoms. The number of carbonyl (C=O) groups is 1. The highest BCUT2D eigenvalue weighted by Crippen LogP contribution is 2.27. The summed E-state index contributed by atoms with van der Waals surface area (Å²) in [5, 5.41) is 4.24. The van der Waals surface area contributed by atoms with Gasteiger partial charge in [-0.1, -0.05) is 52.5 Å². The largest absolute Gasteiger partial charge is 0.345 e. The van der Waals surface area contributed by atoms with Gasteiger partial charge >= 0.3 is 0 Å². The second-order valence-corrected chi connectivity index (χ2v) is 5.99. The molecule has 2 rings (SSSR count). The summed E-state index contributed by atoms with van der Waals surface area (Å²) in [6, 6.07) is 6.19. The first-order chi connectivity index (χ1) is 9.88. The van der Waals surface area contributed by atoms with E-state index in [0.717, 1.165) is 5.56 Å². The van der Waals surface area contributed by atoms with Gasteiger partial charge in [0, 0.05) is 16.2 Å². The number of nitrogens with one attached hydrogen (secondary N) is 1. The van der Waals surface area contributed by atoms with Crippen LogP contribution >= 0.6 is 46.4 Å². The standard InChI is InChI=1S/C14H10Cl4N2O/c1-7(9-3-2-8(15)4-11(9)16)20-14(21)10-5-13(18)19-6-12(10)17/h2-7H,1H3,(H,20,21). The molecule has 0 aliphatic heterocycles. The monoisotopic (exact) mass is 362 g/mol. The lowest BCUT2D eigenvalue weighted by Crippen LogP contribution is -2.27. The smallest absolute Gasteiger partial charge is 0.253 e. The van der Waals surface area contributed by atoms with Crippen molar-refractivity contribution < 1.29 is 4.79 Å². The minimum Gasteiger partial charge on any atom is -0.345 e. The zero-order chi connectivity index (χ0) is 15.6. The molecule has 2 aromatic rings.